The molecule has 0 unspecified atom stereocenters. The average molecular weight is 434 g/mol. The number of carbonyl (C=O) groups is 1. The summed E-state index contributed by atoms with van der Waals surface area (Å²) in [7, 11) is -2.63. The van der Waals surface area contributed by atoms with Gasteiger partial charge in [-0.3, -0.25) is 4.79 Å². The summed E-state index contributed by atoms with van der Waals surface area (Å²) >= 11 is 5.98. The summed E-state index contributed by atoms with van der Waals surface area (Å²) in [4.78, 5) is 15.8. The van der Waals surface area contributed by atoms with E-state index in [2.05, 4.69) is 14.9 Å². The first-order chi connectivity index (χ1) is 13.9. The molecule has 0 amide bonds. The van der Waals surface area contributed by atoms with Gasteiger partial charge in [0.2, 0.25) is 0 Å². The predicted octanol–water partition coefficient (Wildman–Crippen LogP) is 3.56. The molecule has 0 bridgehead atoms. The van der Waals surface area contributed by atoms with Crippen LogP contribution in [0.15, 0.2) is 52.0 Å². The highest BCUT2D eigenvalue weighted by atomic mass is 35.5. The predicted molar refractivity (Wildman–Crippen MR) is 106 cm³/mol. The molecule has 0 spiro atoms. The lowest BCUT2D eigenvalue weighted by Crippen LogP contribution is -2.16. The van der Waals surface area contributed by atoms with Gasteiger partial charge in [-0.25, -0.2) is 17.4 Å². The second-order valence-corrected chi connectivity index (χ2v) is 8.57. The Kier molecular flexibility index (Phi) is 5.01. The Morgan fingerprint density at radius 1 is 1.24 bits per heavy atom. The molecule has 29 heavy (non-hydrogen) atoms. The minimum atomic E-state index is -3.94. The lowest BCUT2D eigenvalue weighted by Gasteiger charge is -2.12. The number of hydrogen-bond acceptors (Lipinski definition) is 7. The van der Waals surface area contributed by atoms with Crippen LogP contribution in [0.3, 0.4) is 0 Å². The van der Waals surface area contributed by atoms with Crippen molar-refractivity contribution in [1.82, 2.24) is 14.1 Å². The number of rotatable bonds is 6. The van der Waals surface area contributed by atoms with Gasteiger partial charge in [0.15, 0.2) is 5.58 Å². The number of carbonyl (C=O) groups excluding carboxylic acids is 1. The normalized spacial score (nSPS) is 11.9. The van der Waals surface area contributed by atoms with E-state index >= 15 is 0 Å². The summed E-state index contributed by atoms with van der Waals surface area (Å²) in [6.45, 7) is 0. The Morgan fingerprint density at radius 3 is 2.86 bits per heavy atom. The topological polar surface area (TPSA) is 104 Å². The van der Waals surface area contributed by atoms with E-state index in [1.807, 2.05) is 0 Å². The van der Waals surface area contributed by atoms with E-state index < -0.39 is 10.0 Å². The van der Waals surface area contributed by atoms with Gasteiger partial charge in [0, 0.05) is 17.5 Å². The summed E-state index contributed by atoms with van der Waals surface area (Å²) in [5.74, 6) is -0.352. The van der Waals surface area contributed by atoms with Gasteiger partial charge in [0.25, 0.3) is 10.0 Å². The number of aromatic nitrogens is 3. The quantitative estimate of drug-likeness (QED) is 0.338. The number of fused-ring (bicyclic) bond motifs is 2. The molecule has 4 rings (SSSR count). The molecule has 0 N–H and O–H groups in total. The summed E-state index contributed by atoms with van der Waals surface area (Å²) < 4.78 is 37.9. The molecule has 0 fully saturated rings. The van der Waals surface area contributed by atoms with Crippen LogP contribution in [0, 0.1) is 0 Å². The van der Waals surface area contributed by atoms with Gasteiger partial charge in [-0.2, -0.15) is 0 Å². The van der Waals surface area contributed by atoms with Crippen molar-refractivity contribution in [1.29, 1.82) is 0 Å². The largest absolute Gasteiger partial charge is 0.469 e. The van der Waals surface area contributed by atoms with E-state index in [9.17, 15) is 13.2 Å². The van der Waals surface area contributed by atoms with E-state index in [1.165, 1.54) is 35.5 Å². The van der Waals surface area contributed by atoms with Crippen LogP contribution >= 0.6 is 11.6 Å². The zero-order valence-corrected chi connectivity index (χ0v) is 16.9. The molecule has 0 saturated carbocycles. The summed E-state index contributed by atoms with van der Waals surface area (Å²) in [5.41, 5.74) is 1.87. The van der Waals surface area contributed by atoms with Crippen molar-refractivity contribution in [3.05, 3.63) is 53.4 Å². The monoisotopic (exact) mass is 433 g/mol. The molecule has 1 aromatic carbocycles. The first-order valence-electron chi connectivity index (χ1n) is 8.74. The standard InChI is InChI=1S/C19H16ClN3O5S/c1-27-19(24)4-2-3-13-10-15-16(6-8-18(20)22-15)23(13)29(25,26)14-5-7-17-12(9-14)11-21-28-17/h5-11H,2-4H2,1H3. The van der Waals surface area contributed by atoms with E-state index in [-0.39, 0.29) is 22.4 Å². The minimum Gasteiger partial charge on any atom is -0.469 e. The molecule has 0 saturated heterocycles. The molecular weight excluding hydrogens is 418 g/mol. The van der Waals surface area contributed by atoms with Crippen LogP contribution in [0.1, 0.15) is 18.5 Å². The van der Waals surface area contributed by atoms with Gasteiger partial charge in [0.05, 0.1) is 29.2 Å². The number of pyridine rings is 1. The zero-order chi connectivity index (χ0) is 20.6. The van der Waals surface area contributed by atoms with Crippen LogP contribution in [-0.4, -0.2) is 35.6 Å². The number of halogens is 1. The fourth-order valence-corrected chi connectivity index (χ4v) is 4.93. The average Bonchev–Trinajstić information content (AvgIpc) is 3.31. The number of methoxy groups -OCH3 is 1. The van der Waals surface area contributed by atoms with E-state index in [1.54, 1.807) is 18.2 Å². The molecule has 0 radical (unpaired) electrons. The molecule has 150 valence electrons. The van der Waals surface area contributed by atoms with Gasteiger partial charge < -0.3 is 9.26 Å². The number of aryl methyl sites for hydroxylation is 1. The maximum atomic E-state index is 13.5. The Hall–Kier alpha value is -2.91. The summed E-state index contributed by atoms with van der Waals surface area (Å²) in [6, 6.07) is 9.37. The molecular formula is C19H16ClN3O5S. The Bertz CT molecular complexity index is 1330. The highest BCUT2D eigenvalue weighted by Gasteiger charge is 2.24. The molecule has 3 aromatic heterocycles. The van der Waals surface area contributed by atoms with Crippen molar-refractivity contribution < 1.29 is 22.5 Å². The van der Waals surface area contributed by atoms with Gasteiger partial charge >= 0.3 is 5.97 Å². The Balaban J connectivity index is 1.83. The molecule has 3 heterocycles. The molecule has 0 aliphatic heterocycles. The Morgan fingerprint density at radius 2 is 2.07 bits per heavy atom. The summed E-state index contributed by atoms with van der Waals surface area (Å²) in [5, 5.41) is 4.53. The second-order valence-electron chi connectivity index (χ2n) is 6.40. The van der Waals surface area contributed by atoms with E-state index in [0.717, 1.165) is 0 Å². The molecule has 0 aliphatic rings. The molecule has 0 aliphatic carbocycles. The van der Waals surface area contributed by atoms with Crippen molar-refractivity contribution in [3.8, 4) is 0 Å². The first-order valence-corrected chi connectivity index (χ1v) is 10.6. The smallest absolute Gasteiger partial charge is 0.305 e. The van der Waals surface area contributed by atoms with Crippen LogP contribution in [-0.2, 0) is 26.0 Å². The number of nitrogens with zero attached hydrogens (tertiary/aromatic N) is 3. The van der Waals surface area contributed by atoms with Crippen LogP contribution in [0.2, 0.25) is 5.15 Å². The SMILES string of the molecule is COC(=O)CCCc1cc2nc(Cl)ccc2n1S(=O)(=O)c1ccc2oncc2c1. The second kappa shape index (κ2) is 7.49. The van der Waals surface area contributed by atoms with Crippen molar-refractivity contribution in [2.75, 3.05) is 7.11 Å². The van der Waals surface area contributed by atoms with E-state index in [4.69, 9.17) is 16.1 Å². The lowest BCUT2D eigenvalue weighted by atomic mass is 10.2. The molecule has 10 heteroatoms. The third kappa shape index (κ3) is 3.58. The molecule has 0 atom stereocenters. The molecule has 8 nitrogen and oxygen atoms in total. The van der Waals surface area contributed by atoms with Crippen LogP contribution in [0.4, 0.5) is 0 Å². The lowest BCUT2D eigenvalue weighted by molar-refractivity contribution is -0.140. The maximum absolute atomic E-state index is 13.5. The van der Waals surface area contributed by atoms with Crippen LogP contribution in [0.25, 0.3) is 22.0 Å². The minimum absolute atomic E-state index is 0.0925. The number of benzene rings is 1. The third-order valence-electron chi connectivity index (χ3n) is 4.56. The fourth-order valence-electron chi connectivity index (χ4n) is 3.18. The van der Waals surface area contributed by atoms with Crippen molar-refractivity contribution in [2.24, 2.45) is 0 Å². The highest BCUT2D eigenvalue weighted by Crippen LogP contribution is 2.28. The van der Waals surface area contributed by atoms with Crippen molar-refractivity contribution in [2.45, 2.75) is 24.2 Å². The highest BCUT2D eigenvalue weighted by molar-refractivity contribution is 7.90. The van der Waals surface area contributed by atoms with Crippen LogP contribution in [0.5, 0.6) is 0 Å². The van der Waals surface area contributed by atoms with E-state index in [0.29, 0.717) is 40.5 Å². The third-order valence-corrected chi connectivity index (χ3v) is 6.53. The van der Waals surface area contributed by atoms with Crippen molar-refractivity contribution in [3.63, 3.8) is 0 Å². The van der Waals surface area contributed by atoms with Gasteiger partial charge in [0.1, 0.15) is 5.15 Å². The first kappa shape index (κ1) is 19.4. The molecule has 4 aromatic rings. The number of ether oxygens (including phenoxy) is 1. The van der Waals surface area contributed by atoms with Gasteiger partial charge in [-0.15, -0.1) is 0 Å². The zero-order valence-electron chi connectivity index (χ0n) is 15.3. The van der Waals surface area contributed by atoms with Crippen molar-refractivity contribution >= 4 is 49.6 Å². The van der Waals surface area contributed by atoms with Gasteiger partial charge in [-0.1, -0.05) is 16.8 Å². The Labute approximate surface area is 171 Å². The number of esters is 1. The van der Waals surface area contributed by atoms with Gasteiger partial charge in [-0.05, 0) is 49.2 Å². The number of hydrogen-bond donors (Lipinski definition) is 0. The fraction of sp³-hybridized carbons (Fsp3) is 0.211. The summed E-state index contributed by atoms with van der Waals surface area (Å²) in [6.07, 6.45) is 2.41. The van der Waals surface area contributed by atoms with Crippen LogP contribution < -0.4 is 0 Å². The maximum Gasteiger partial charge on any atom is 0.305 e.